The Kier molecular flexibility index (Phi) is 3.12. The van der Waals surface area contributed by atoms with E-state index < -0.39 is 5.91 Å². The second-order valence-electron chi connectivity index (χ2n) is 2.78. The summed E-state index contributed by atoms with van der Waals surface area (Å²) < 4.78 is 5.00. The molecule has 0 atom stereocenters. The average molecular weight is 240 g/mol. The summed E-state index contributed by atoms with van der Waals surface area (Å²) in [6, 6.07) is 0. The molecule has 10 heteroatoms. The Morgan fingerprint density at radius 2 is 2.44 bits per heavy atom. The van der Waals surface area contributed by atoms with E-state index in [1.165, 1.54) is 10.9 Å². The topological polar surface area (TPSA) is 124 Å². The van der Waals surface area contributed by atoms with Gasteiger partial charge in [0.05, 0.1) is 12.7 Å². The first-order valence-electron chi connectivity index (χ1n) is 4.36. The number of amides is 1. The predicted molar refractivity (Wildman–Crippen MR) is 54.7 cm³/mol. The molecule has 0 fully saturated rings. The quantitative estimate of drug-likeness (QED) is 0.683. The molecule has 0 radical (unpaired) electrons. The number of aromatic nitrogens is 6. The Balaban J connectivity index is 2.03. The number of nitrogens with two attached hydrogens (primary N) is 1. The zero-order valence-electron chi connectivity index (χ0n) is 8.07. The van der Waals surface area contributed by atoms with E-state index in [0.29, 0.717) is 18.2 Å². The molecule has 0 unspecified atom stereocenters. The molecule has 0 aliphatic rings. The van der Waals surface area contributed by atoms with Gasteiger partial charge in [0, 0.05) is 18.1 Å². The summed E-state index contributed by atoms with van der Waals surface area (Å²) in [5, 5.41) is 17.2. The van der Waals surface area contributed by atoms with E-state index in [4.69, 9.17) is 5.73 Å². The summed E-state index contributed by atoms with van der Waals surface area (Å²) in [6.07, 6.45) is 1.51. The minimum atomic E-state index is -0.401. The highest BCUT2D eigenvalue weighted by atomic mass is 32.1. The summed E-state index contributed by atoms with van der Waals surface area (Å²) in [4.78, 5) is 11.6. The maximum atomic E-state index is 11.6. The normalized spacial score (nSPS) is 10.3. The third-order valence-electron chi connectivity index (χ3n) is 1.65. The monoisotopic (exact) mass is 240 g/mol. The molecule has 2 rings (SSSR count). The minimum Gasteiger partial charge on any atom is -0.329 e. The molecule has 1 amide bonds. The fourth-order valence-electron chi connectivity index (χ4n) is 0.987. The molecule has 84 valence electrons. The number of nitrogens with zero attached hydrogens (tertiary/aromatic N) is 6. The number of carbonyl (C=O) groups is 1. The molecule has 0 bridgehead atoms. The van der Waals surface area contributed by atoms with Crippen LogP contribution in [0.4, 0.5) is 5.13 Å². The van der Waals surface area contributed by atoms with E-state index in [2.05, 4.69) is 30.4 Å². The van der Waals surface area contributed by atoms with Crippen molar-refractivity contribution >= 4 is 22.6 Å². The first-order valence-corrected chi connectivity index (χ1v) is 5.13. The lowest BCUT2D eigenvalue weighted by Crippen LogP contribution is -2.12. The summed E-state index contributed by atoms with van der Waals surface area (Å²) in [6.45, 7) is 0.950. The van der Waals surface area contributed by atoms with Crippen molar-refractivity contribution in [1.29, 1.82) is 0 Å². The fraction of sp³-hybridized carbons (Fsp3) is 0.333. The predicted octanol–water partition coefficient (Wildman–Crippen LogP) is -1.26. The van der Waals surface area contributed by atoms with Gasteiger partial charge in [-0.3, -0.25) is 14.8 Å². The van der Waals surface area contributed by atoms with Crippen LogP contribution in [-0.4, -0.2) is 42.2 Å². The highest BCUT2D eigenvalue weighted by Crippen LogP contribution is 2.06. The number of rotatable bonds is 4. The molecule has 0 spiro atoms. The number of hydrogen-bond acceptors (Lipinski definition) is 8. The Morgan fingerprint density at radius 1 is 1.56 bits per heavy atom. The molecule has 2 heterocycles. The first kappa shape index (κ1) is 10.6. The second kappa shape index (κ2) is 4.72. The standard InChI is InChI=1S/C6H8N8OS/c7-1-2-14-3-4(9-12-14)5(15)8-6-10-11-13-16-6/h3H,1-2,7H2,(H,8,10,13,15). The zero-order chi connectivity index (χ0) is 11.4. The Morgan fingerprint density at radius 3 is 3.12 bits per heavy atom. The average Bonchev–Trinajstić information content (AvgIpc) is 2.89. The maximum absolute atomic E-state index is 11.6. The number of anilines is 1. The van der Waals surface area contributed by atoms with Crippen LogP contribution in [0.1, 0.15) is 10.5 Å². The molecule has 2 aromatic heterocycles. The van der Waals surface area contributed by atoms with E-state index in [-0.39, 0.29) is 5.69 Å². The lowest BCUT2D eigenvalue weighted by atomic mass is 10.4. The largest absolute Gasteiger partial charge is 0.329 e. The van der Waals surface area contributed by atoms with Crippen molar-refractivity contribution in [2.24, 2.45) is 5.73 Å². The highest BCUT2D eigenvalue weighted by molar-refractivity contribution is 7.09. The van der Waals surface area contributed by atoms with E-state index in [1.807, 2.05) is 0 Å². The summed E-state index contributed by atoms with van der Waals surface area (Å²) in [5.41, 5.74) is 5.54. The third-order valence-corrected chi connectivity index (χ3v) is 2.16. The molecule has 0 saturated carbocycles. The van der Waals surface area contributed by atoms with Gasteiger partial charge in [0.1, 0.15) is 0 Å². The SMILES string of the molecule is NCCn1cc(C(=O)Nc2nnns2)nn1. The number of hydrogen-bond donors (Lipinski definition) is 2. The molecule has 0 aromatic carbocycles. The summed E-state index contributed by atoms with van der Waals surface area (Å²) in [5.74, 6) is -0.401. The molecular weight excluding hydrogens is 232 g/mol. The van der Waals surface area contributed by atoms with Crippen molar-refractivity contribution in [3.8, 4) is 0 Å². The van der Waals surface area contributed by atoms with Gasteiger partial charge in [-0.05, 0) is 5.21 Å². The second-order valence-corrected chi connectivity index (χ2v) is 3.51. The molecule has 16 heavy (non-hydrogen) atoms. The zero-order valence-corrected chi connectivity index (χ0v) is 8.89. The van der Waals surface area contributed by atoms with Crippen LogP contribution in [0.25, 0.3) is 0 Å². The maximum Gasteiger partial charge on any atom is 0.279 e. The van der Waals surface area contributed by atoms with Crippen LogP contribution in [-0.2, 0) is 6.54 Å². The van der Waals surface area contributed by atoms with Crippen molar-refractivity contribution in [2.45, 2.75) is 6.54 Å². The molecule has 0 saturated heterocycles. The lowest BCUT2D eigenvalue weighted by Gasteiger charge is -1.94. The summed E-state index contributed by atoms with van der Waals surface area (Å²) >= 11 is 0.984. The Hall–Kier alpha value is -1.94. The van der Waals surface area contributed by atoms with Gasteiger partial charge in [0.15, 0.2) is 5.69 Å². The van der Waals surface area contributed by atoms with E-state index in [1.54, 1.807) is 0 Å². The first-order chi connectivity index (χ1) is 7.79. The van der Waals surface area contributed by atoms with Crippen LogP contribution in [0.3, 0.4) is 0 Å². The molecular formula is C6H8N8OS. The molecule has 3 N–H and O–H groups in total. The molecule has 9 nitrogen and oxygen atoms in total. The summed E-state index contributed by atoms with van der Waals surface area (Å²) in [7, 11) is 0. The van der Waals surface area contributed by atoms with E-state index in [9.17, 15) is 4.79 Å². The molecule has 0 aliphatic carbocycles. The van der Waals surface area contributed by atoms with Gasteiger partial charge in [-0.25, -0.2) is 0 Å². The Bertz CT molecular complexity index is 465. The fourth-order valence-corrected chi connectivity index (χ4v) is 1.35. The van der Waals surface area contributed by atoms with Gasteiger partial charge < -0.3 is 5.73 Å². The number of nitrogens with one attached hydrogen (secondary N) is 1. The molecule has 2 aromatic rings. The highest BCUT2D eigenvalue weighted by Gasteiger charge is 2.12. The van der Waals surface area contributed by atoms with Crippen molar-refractivity contribution in [3.05, 3.63) is 11.9 Å². The van der Waals surface area contributed by atoms with Crippen molar-refractivity contribution in [3.63, 3.8) is 0 Å². The Labute approximate surface area is 93.8 Å². The molecule has 0 aliphatic heterocycles. The third kappa shape index (κ3) is 2.35. The van der Waals surface area contributed by atoms with Crippen molar-refractivity contribution in [1.82, 2.24) is 29.8 Å². The van der Waals surface area contributed by atoms with Gasteiger partial charge in [-0.2, -0.15) is 0 Å². The van der Waals surface area contributed by atoms with Crippen LogP contribution < -0.4 is 11.1 Å². The minimum absolute atomic E-state index is 0.198. The van der Waals surface area contributed by atoms with Gasteiger partial charge in [-0.15, -0.1) is 5.10 Å². The van der Waals surface area contributed by atoms with Gasteiger partial charge in [0.25, 0.3) is 5.91 Å². The van der Waals surface area contributed by atoms with E-state index in [0.717, 1.165) is 11.5 Å². The number of carbonyl (C=O) groups excluding carboxylic acids is 1. The van der Waals surface area contributed by atoms with E-state index >= 15 is 0 Å². The van der Waals surface area contributed by atoms with Crippen LogP contribution in [0.5, 0.6) is 0 Å². The van der Waals surface area contributed by atoms with Crippen LogP contribution >= 0.6 is 11.5 Å². The van der Waals surface area contributed by atoms with Crippen LogP contribution in [0, 0.1) is 0 Å². The van der Waals surface area contributed by atoms with Crippen LogP contribution in [0.15, 0.2) is 6.20 Å². The van der Waals surface area contributed by atoms with Gasteiger partial charge in [-0.1, -0.05) is 14.8 Å². The van der Waals surface area contributed by atoms with Gasteiger partial charge >= 0.3 is 0 Å². The van der Waals surface area contributed by atoms with Crippen LogP contribution in [0.2, 0.25) is 0 Å². The van der Waals surface area contributed by atoms with Gasteiger partial charge in [0.2, 0.25) is 5.13 Å². The lowest BCUT2D eigenvalue weighted by molar-refractivity contribution is 0.102. The smallest absolute Gasteiger partial charge is 0.279 e. The van der Waals surface area contributed by atoms with Crippen molar-refractivity contribution in [2.75, 3.05) is 11.9 Å². The van der Waals surface area contributed by atoms with Crippen molar-refractivity contribution < 1.29 is 4.79 Å².